The van der Waals surface area contributed by atoms with Crippen molar-refractivity contribution in [2.75, 3.05) is 6.54 Å². The zero-order valence-corrected chi connectivity index (χ0v) is 9.22. The van der Waals surface area contributed by atoms with Crippen molar-refractivity contribution in [3.8, 4) is 0 Å². The van der Waals surface area contributed by atoms with Crippen molar-refractivity contribution < 1.29 is 0 Å². The molecule has 0 bridgehead atoms. The van der Waals surface area contributed by atoms with Crippen LogP contribution in [0.2, 0.25) is 0 Å². The van der Waals surface area contributed by atoms with E-state index < -0.39 is 0 Å². The minimum absolute atomic E-state index is 0.719. The minimum atomic E-state index is 0.719. The van der Waals surface area contributed by atoms with Crippen LogP contribution in [0.1, 0.15) is 47.5 Å². The first-order chi connectivity index (χ1) is 5.57. The molecule has 0 aromatic carbocycles. The molecule has 0 N–H and O–H groups in total. The SMILES string of the molecule is CCC/C(C)=N\CC(C)C(C)C. The first kappa shape index (κ1) is 11.7. The third-order valence-corrected chi connectivity index (χ3v) is 2.40. The van der Waals surface area contributed by atoms with E-state index in [-0.39, 0.29) is 0 Å². The van der Waals surface area contributed by atoms with Crippen LogP contribution in [-0.4, -0.2) is 12.3 Å². The molecule has 0 aromatic heterocycles. The second-order valence-electron chi connectivity index (χ2n) is 4.05. The van der Waals surface area contributed by atoms with Crippen molar-refractivity contribution in [3.63, 3.8) is 0 Å². The fourth-order valence-electron chi connectivity index (χ4n) is 0.952. The number of aliphatic imine (C=N–C) groups is 1. The predicted octanol–water partition coefficient (Wildman–Crippen LogP) is 3.54. The fraction of sp³-hybridized carbons (Fsp3) is 0.909. The van der Waals surface area contributed by atoms with Crippen molar-refractivity contribution in [2.24, 2.45) is 16.8 Å². The molecule has 0 saturated carbocycles. The summed E-state index contributed by atoms with van der Waals surface area (Å²) in [5.41, 5.74) is 1.31. The van der Waals surface area contributed by atoms with Crippen molar-refractivity contribution in [1.82, 2.24) is 0 Å². The van der Waals surface area contributed by atoms with Gasteiger partial charge < -0.3 is 0 Å². The Morgan fingerprint density at radius 2 is 1.83 bits per heavy atom. The summed E-state index contributed by atoms with van der Waals surface area (Å²) in [5, 5.41) is 0. The number of hydrogen-bond acceptors (Lipinski definition) is 1. The van der Waals surface area contributed by atoms with E-state index in [9.17, 15) is 0 Å². The Labute approximate surface area is 77.3 Å². The molecular formula is C11H23N. The highest BCUT2D eigenvalue weighted by Gasteiger charge is 2.05. The first-order valence-corrected chi connectivity index (χ1v) is 5.07. The summed E-state index contributed by atoms with van der Waals surface area (Å²) in [6.07, 6.45) is 2.37. The Kier molecular flexibility index (Phi) is 6.04. The van der Waals surface area contributed by atoms with Crippen molar-refractivity contribution in [3.05, 3.63) is 0 Å². The average molecular weight is 169 g/mol. The van der Waals surface area contributed by atoms with Gasteiger partial charge in [-0.25, -0.2) is 0 Å². The van der Waals surface area contributed by atoms with E-state index in [4.69, 9.17) is 0 Å². The summed E-state index contributed by atoms with van der Waals surface area (Å²) in [7, 11) is 0. The molecule has 0 aromatic rings. The molecule has 12 heavy (non-hydrogen) atoms. The van der Waals surface area contributed by atoms with Gasteiger partial charge in [-0.3, -0.25) is 4.99 Å². The van der Waals surface area contributed by atoms with E-state index in [0.29, 0.717) is 0 Å². The van der Waals surface area contributed by atoms with Gasteiger partial charge in [0.1, 0.15) is 0 Å². The molecule has 0 radical (unpaired) electrons. The maximum atomic E-state index is 4.55. The van der Waals surface area contributed by atoms with E-state index in [1.54, 1.807) is 0 Å². The molecule has 0 aliphatic heterocycles. The van der Waals surface area contributed by atoms with E-state index >= 15 is 0 Å². The van der Waals surface area contributed by atoms with E-state index in [1.807, 2.05) is 0 Å². The van der Waals surface area contributed by atoms with Gasteiger partial charge in [0.25, 0.3) is 0 Å². The lowest BCUT2D eigenvalue weighted by molar-refractivity contribution is 0.430. The summed E-state index contributed by atoms with van der Waals surface area (Å²) in [6, 6.07) is 0. The maximum absolute atomic E-state index is 4.55. The largest absolute Gasteiger partial charge is 0.294 e. The smallest absolute Gasteiger partial charge is 0.0416 e. The van der Waals surface area contributed by atoms with E-state index in [0.717, 1.165) is 24.8 Å². The van der Waals surface area contributed by atoms with Crippen LogP contribution >= 0.6 is 0 Å². The van der Waals surface area contributed by atoms with Gasteiger partial charge in [0, 0.05) is 12.3 Å². The van der Waals surface area contributed by atoms with Crippen LogP contribution in [0.15, 0.2) is 4.99 Å². The van der Waals surface area contributed by atoms with Gasteiger partial charge in [0.15, 0.2) is 0 Å². The zero-order valence-electron chi connectivity index (χ0n) is 9.22. The van der Waals surface area contributed by atoms with Gasteiger partial charge in [-0.15, -0.1) is 0 Å². The molecule has 72 valence electrons. The molecule has 1 unspecified atom stereocenters. The standard InChI is InChI=1S/C11H23N/c1-6-7-11(5)12-8-10(4)9(2)3/h9-10H,6-8H2,1-5H3/b12-11-. The summed E-state index contributed by atoms with van der Waals surface area (Å²) in [4.78, 5) is 4.55. The monoisotopic (exact) mass is 169 g/mol. The van der Waals surface area contributed by atoms with Gasteiger partial charge in [0.05, 0.1) is 0 Å². The molecule has 1 heteroatoms. The van der Waals surface area contributed by atoms with Gasteiger partial charge in [-0.2, -0.15) is 0 Å². The van der Waals surface area contributed by atoms with Crippen molar-refractivity contribution >= 4 is 5.71 Å². The Morgan fingerprint density at radius 3 is 2.25 bits per heavy atom. The average Bonchev–Trinajstić information content (AvgIpc) is 2.00. The van der Waals surface area contributed by atoms with E-state index in [1.165, 1.54) is 12.1 Å². The van der Waals surface area contributed by atoms with Gasteiger partial charge in [0.2, 0.25) is 0 Å². The van der Waals surface area contributed by atoms with Crippen molar-refractivity contribution in [2.45, 2.75) is 47.5 Å². The molecule has 0 spiro atoms. The van der Waals surface area contributed by atoms with Gasteiger partial charge in [-0.05, 0) is 25.2 Å². The lowest BCUT2D eigenvalue weighted by Crippen LogP contribution is -2.08. The highest BCUT2D eigenvalue weighted by Crippen LogP contribution is 2.09. The number of nitrogens with zero attached hydrogens (tertiary/aromatic N) is 1. The maximum Gasteiger partial charge on any atom is 0.0416 e. The Bertz CT molecular complexity index is 136. The molecule has 0 aliphatic carbocycles. The molecule has 1 nitrogen and oxygen atoms in total. The Hall–Kier alpha value is -0.330. The zero-order chi connectivity index (χ0) is 9.56. The van der Waals surface area contributed by atoms with Crippen LogP contribution in [0.3, 0.4) is 0 Å². The van der Waals surface area contributed by atoms with Crippen LogP contribution in [0, 0.1) is 11.8 Å². The molecule has 0 rings (SSSR count). The van der Waals surface area contributed by atoms with Gasteiger partial charge in [-0.1, -0.05) is 34.1 Å². The molecular weight excluding hydrogens is 146 g/mol. The first-order valence-electron chi connectivity index (χ1n) is 5.07. The molecule has 0 fully saturated rings. The second-order valence-corrected chi connectivity index (χ2v) is 4.05. The molecule has 0 saturated heterocycles. The molecule has 0 aliphatic rings. The lowest BCUT2D eigenvalue weighted by Gasteiger charge is -2.12. The highest BCUT2D eigenvalue weighted by atomic mass is 14.7. The normalized spacial score (nSPS) is 15.3. The van der Waals surface area contributed by atoms with Crippen LogP contribution < -0.4 is 0 Å². The number of hydrogen-bond donors (Lipinski definition) is 0. The third kappa shape index (κ3) is 5.34. The second kappa shape index (κ2) is 6.22. The highest BCUT2D eigenvalue weighted by molar-refractivity contribution is 5.81. The number of rotatable bonds is 5. The summed E-state index contributed by atoms with van der Waals surface area (Å²) in [6.45, 7) is 12.1. The Balaban J connectivity index is 3.71. The predicted molar refractivity (Wildman–Crippen MR) is 56.9 cm³/mol. The van der Waals surface area contributed by atoms with Gasteiger partial charge >= 0.3 is 0 Å². The fourth-order valence-corrected chi connectivity index (χ4v) is 0.952. The van der Waals surface area contributed by atoms with Crippen molar-refractivity contribution in [1.29, 1.82) is 0 Å². The van der Waals surface area contributed by atoms with Crippen LogP contribution in [0.25, 0.3) is 0 Å². The molecule has 0 amide bonds. The Morgan fingerprint density at radius 1 is 1.25 bits per heavy atom. The topological polar surface area (TPSA) is 12.4 Å². The molecule has 0 heterocycles. The summed E-state index contributed by atoms with van der Waals surface area (Å²) >= 11 is 0. The van der Waals surface area contributed by atoms with E-state index in [2.05, 4.69) is 39.6 Å². The minimum Gasteiger partial charge on any atom is -0.294 e. The third-order valence-electron chi connectivity index (χ3n) is 2.40. The lowest BCUT2D eigenvalue weighted by atomic mass is 9.98. The summed E-state index contributed by atoms with van der Waals surface area (Å²) in [5.74, 6) is 1.47. The molecule has 1 atom stereocenters. The van der Waals surface area contributed by atoms with Crippen LogP contribution in [-0.2, 0) is 0 Å². The quantitative estimate of drug-likeness (QED) is 0.558. The summed E-state index contributed by atoms with van der Waals surface area (Å²) < 4.78 is 0. The van der Waals surface area contributed by atoms with Crippen LogP contribution in [0.5, 0.6) is 0 Å². The van der Waals surface area contributed by atoms with Crippen LogP contribution in [0.4, 0.5) is 0 Å².